The predicted octanol–water partition coefficient (Wildman–Crippen LogP) is 4.44. The van der Waals surface area contributed by atoms with E-state index in [4.69, 9.17) is 11.6 Å². The lowest BCUT2D eigenvalue weighted by Crippen LogP contribution is -2.30. The summed E-state index contributed by atoms with van der Waals surface area (Å²) >= 11 is 5.88. The van der Waals surface area contributed by atoms with Gasteiger partial charge in [-0.1, -0.05) is 43.5 Å². The molecule has 0 spiro atoms. The van der Waals surface area contributed by atoms with Crippen molar-refractivity contribution in [1.29, 1.82) is 0 Å². The topological polar surface area (TPSA) is 12.0 Å². The van der Waals surface area contributed by atoms with E-state index in [1.807, 2.05) is 12.1 Å². The maximum absolute atomic E-state index is 5.88. The second-order valence-corrected chi connectivity index (χ2v) is 6.08. The lowest BCUT2D eigenvalue weighted by atomic mass is 10.0. The molecule has 2 unspecified atom stereocenters. The van der Waals surface area contributed by atoms with Gasteiger partial charge in [0.1, 0.15) is 0 Å². The van der Waals surface area contributed by atoms with E-state index in [2.05, 4.69) is 24.4 Å². The minimum absolute atomic E-state index is 0.738. The highest BCUT2D eigenvalue weighted by Gasteiger charge is 2.15. The molecule has 0 radical (unpaired) electrons. The van der Waals surface area contributed by atoms with Crippen LogP contribution in [0.5, 0.6) is 0 Å². The zero-order valence-electron chi connectivity index (χ0n) is 11.3. The minimum atomic E-state index is 0.738. The van der Waals surface area contributed by atoms with Crippen molar-refractivity contribution in [3.8, 4) is 0 Å². The highest BCUT2D eigenvalue weighted by Crippen LogP contribution is 2.22. The molecule has 0 heterocycles. The van der Waals surface area contributed by atoms with Gasteiger partial charge in [-0.2, -0.15) is 0 Å². The molecule has 18 heavy (non-hydrogen) atoms. The first-order chi connectivity index (χ1) is 8.74. The Morgan fingerprint density at radius 2 is 1.89 bits per heavy atom. The highest BCUT2D eigenvalue weighted by molar-refractivity contribution is 6.30. The summed E-state index contributed by atoms with van der Waals surface area (Å²) < 4.78 is 0. The van der Waals surface area contributed by atoms with Crippen molar-refractivity contribution in [3.63, 3.8) is 0 Å². The first-order valence-electron chi connectivity index (χ1n) is 7.22. The average molecular weight is 266 g/mol. The molecular formula is C16H24ClN. The van der Waals surface area contributed by atoms with Crippen LogP contribution in [0.4, 0.5) is 0 Å². The van der Waals surface area contributed by atoms with Crippen LogP contribution in [0.1, 0.15) is 44.6 Å². The van der Waals surface area contributed by atoms with Gasteiger partial charge >= 0.3 is 0 Å². The second-order valence-electron chi connectivity index (χ2n) is 5.64. The summed E-state index contributed by atoms with van der Waals surface area (Å²) in [6, 6.07) is 8.94. The van der Waals surface area contributed by atoms with Gasteiger partial charge in [0.25, 0.3) is 0 Å². The Morgan fingerprint density at radius 1 is 1.11 bits per heavy atom. The summed E-state index contributed by atoms with van der Waals surface area (Å²) in [6.07, 6.45) is 7.99. The second kappa shape index (κ2) is 7.16. The van der Waals surface area contributed by atoms with Crippen molar-refractivity contribution in [3.05, 3.63) is 34.9 Å². The Balaban J connectivity index is 1.70. The monoisotopic (exact) mass is 265 g/mol. The Hall–Kier alpha value is -0.530. The standard InChI is InChI=1S/C16H24ClN/c1-13-3-2-4-16(10-5-13)18-12-11-14-6-8-15(17)9-7-14/h6-9,13,16,18H,2-5,10-12H2,1H3. The van der Waals surface area contributed by atoms with Crippen LogP contribution in [0.3, 0.4) is 0 Å². The fraction of sp³-hybridized carbons (Fsp3) is 0.625. The van der Waals surface area contributed by atoms with Crippen LogP contribution in [-0.4, -0.2) is 12.6 Å². The van der Waals surface area contributed by atoms with Gasteiger partial charge in [-0.05, 0) is 55.8 Å². The van der Waals surface area contributed by atoms with Crippen molar-refractivity contribution in [2.24, 2.45) is 5.92 Å². The summed E-state index contributed by atoms with van der Waals surface area (Å²) in [5.74, 6) is 0.924. The normalized spacial score (nSPS) is 24.8. The van der Waals surface area contributed by atoms with Crippen LogP contribution in [0.2, 0.25) is 5.02 Å². The molecule has 1 aromatic carbocycles. The Kier molecular flexibility index (Phi) is 5.52. The summed E-state index contributed by atoms with van der Waals surface area (Å²) in [5, 5.41) is 4.54. The van der Waals surface area contributed by atoms with Crippen LogP contribution in [0.25, 0.3) is 0 Å². The van der Waals surface area contributed by atoms with Gasteiger partial charge < -0.3 is 5.32 Å². The molecule has 0 amide bonds. The lowest BCUT2D eigenvalue weighted by Gasteiger charge is -2.16. The van der Waals surface area contributed by atoms with E-state index in [9.17, 15) is 0 Å². The van der Waals surface area contributed by atoms with Crippen molar-refractivity contribution >= 4 is 11.6 Å². The third-order valence-electron chi connectivity index (χ3n) is 4.02. The number of hydrogen-bond donors (Lipinski definition) is 1. The van der Waals surface area contributed by atoms with Crippen molar-refractivity contribution in [2.75, 3.05) is 6.54 Å². The average Bonchev–Trinajstić information content (AvgIpc) is 2.57. The van der Waals surface area contributed by atoms with Gasteiger partial charge in [-0.15, -0.1) is 0 Å². The zero-order chi connectivity index (χ0) is 12.8. The third-order valence-corrected chi connectivity index (χ3v) is 4.27. The maximum atomic E-state index is 5.88. The number of nitrogens with one attached hydrogen (secondary N) is 1. The van der Waals surface area contributed by atoms with Crippen LogP contribution < -0.4 is 5.32 Å². The Bertz CT molecular complexity index is 347. The minimum Gasteiger partial charge on any atom is -0.314 e. The van der Waals surface area contributed by atoms with Gasteiger partial charge in [-0.3, -0.25) is 0 Å². The largest absolute Gasteiger partial charge is 0.314 e. The van der Waals surface area contributed by atoms with E-state index >= 15 is 0 Å². The van der Waals surface area contributed by atoms with E-state index in [1.165, 1.54) is 37.7 Å². The first kappa shape index (κ1) is 13.9. The van der Waals surface area contributed by atoms with Crippen molar-refractivity contribution < 1.29 is 0 Å². The van der Waals surface area contributed by atoms with E-state index in [0.717, 1.165) is 29.9 Å². The maximum Gasteiger partial charge on any atom is 0.0406 e. The van der Waals surface area contributed by atoms with Gasteiger partial charge in [0.2, 0.25) is 0 Å². The Labute approximate surface area is 116 Å². The molecule has 1 nitrogen and oxygen atoms in total. The molecule has 1 fully saturated rings. The SMILES string of the molecule is CC1CCCC(NCCc2ccc(Cl)cc2)CC1. The molecule has 100 valence electrons. The van der Waals surface area contributed by atoms with E-state index < -0.39 is 0 Å². The van der Waals surface area contributed by atoms with Gasteiger partial charge in [-0.25, -0.2) is 0 Å². The fourth-order valence-electron chi connectivity index (χ4n) is 2.76. The van der Waals surface area contributed by atoms with Crippen LogP contribution in [0, 0.1) is 5.92 Å². The van der Waals surface area contributed by atoms with Gasteiger partial charge in [0.05, 0.1) is 0 Å². The molecule has 2 heteroatoms. The molecule has 0 aromatic heterocycles. The van der Waals surface area contributed by atoms with E-state index in [1.54, 1.807) is 0 Å². The smallest absolute Gasteiger partial charge is 0.0406 e. The zero-order valence-corrected chi connectivity index (χ0v) is 12.0. The first-order valence-corrected chi connectivity index (χ1v) is 7.59. The molecule has 1 aliphatic rings. The number of benzene rings is 1. The van der Waals surface area contributed by atoms with E-state index in [0.29, 0.717) is 0 Å². The van der Waals surface area contributed by atoms with Crippen LogP contribution in [0.15, 0.2) is 24.3 Å². The molecule has 1 N–H and O–H groups in total. The van der Waals surface area contributed by atoms with Gasteiger partial charge in [0.15, 0.2) is 0 Å². The lowest BCUT2D eigenvalue weighted by molar-refractivity contribution is 0.451. The molecule has 0 bridgehead atoms. The molecule has 1 aromatic rings. The van der Waals surface area contributed by atoms with E-state index in [-0.39, 0.29) is 0 Å². The van der Waals surface area contributed by atoms with Crippen molar-refractivity contribution in [2.45, 2.75) is 51.5 Å². The highest BCUT2D eigenvalue weighted by atomic mass is 35.5. The summed E-state index contributed by atoms with van der Waals surface area (Å²) in [5.41, 5.74) is 1.37. The molecule has 0 aliphatic heterocycles. The quantitative estimate of drug-likeness (QED) is 0.794. The molecular weight excluding hydrogens is 242 g/mol. The Morgan fingerprint density at radius 3 is 2.67 bits per heavy atom. The number of halogens is 1. The summed E-state index contributed by atoms with van der Waals surface area (Å²) in [4.78, 5) is 0. The molecule has 2 rings (SSSR count). The summed E-state index contributed by atoms with van der Waals surface area (Å²) in [7, 11) is 0. The fourth-order valence-corrected chi connectivity index (χ4v) is 2.89. The van der Waals surface area contributed by atoms with Crippen LogP contribution in [-0.2, 0) is 6.42 Å². The molecule has 0 saturated heterocycles. The third kappa shape index (κ3) is 4.62. The van der Waals surface area contributed by atoms with Crippen molar-refractivity contribution in [1.82, 2.24) is 5.32 Å². The van der Waals surface area contributed by atoms with Gasteiger partial charge in [0, 0.05) is 11.1 Å². The number of rotatable bonds is 4. The van der Waals surface area contributed by atoms with Crippen LogP contribution >= 0.6 is 11.6 Å². The summed E-state index contributed by atoms with van der Waals surface area (Å²) in [6.45, 7) is 3.47. The molecule has 1 saturated carbocycles. The molecule has 2 atom stereocenters. The predicted molar refractivity (Wildman–Crippen MR) is 79.2 cm³/mol. The molecule has 1 aliphatic carbocycles. The number of hydrogen-bond acceptors (Lipinski definition) is 1.